The molecule has 1 amide bonds. The second-order valence-electron chi connectivity index (χ2n) is 8.38. The number of carbonyl (C=O) groups excluding carboxylic acids is 1. The number of nitrogens with one attached hydrogen (secondary N) is 1. The summed E-state index contributed by atoms with van der Waals surface area (Å²) < 4.78 is 3.29. The molecule has 0 saturated carbocycles. The number of fused-ring (bicyclic) bond motifs is 1. The van der Waals surface area contributed by atoms with Crippen LogP contribution in [0.25, 0.3) is 16.7 Å². The predicted octanol–water partition coefficient (Wildman–Crippen LogP) is 6.29. The molecule has 0 atom stereocenters. The van der Waals surface area contributed by atoms with Crippen LogP contribution in [0.15, 0.2) is 77.3 Å². The highest BCUT2D eigenvalue weighted by Crippen LogP contribution is 2.26. The molecule has 0 radical (unpaired) electrons. The van der Waals surface area contributed by atoms with Crippen molar-refractivity contribution in [3.63, 3.8) is 0 Å². The summed E-state index contributed by atoms with van der Waals surface area (Å²) in [4.78, 5) is 20.1. The fraction of sp³-hybridized carbons (Fsp3) is 0.231. The summed E-state index contributed by atoms with van der Waals surface area (Å²) in [5.74, 6) is 1.11. The van der Waals surface area contributed by atoms with Gasteiger partial charge in [0.2, 0.25) is 5.91 Å². The summed E-state index contributed by atoms with van der Waals surface area (Å²) in [7, 11) is 0. The molecule has 2 heterocycles. The molecule has 5 rings (SSSR count). The average Bonchev–Trinajstić information content (AvgIpc) is 3.19. The van der Waals surface area contributed by atoms with Crippen molar-refractivity contribution in [2.75, 3.05) is 18.4 Å². The van der Waals surface area contributed by atoms with E-state index in [4.69, 9.17) is 16.6 Å². The molecule has 1 N–H and O–H groups in total. The van der Waals surface area contributed by atoms with Crippen molar-refractivity contribution in [3.8, 4) is 5.69 Å². The number of halogens is 2. The predicted molar refractivity (Wildman–Crippen MR) is 137 cm³/mol. The van der Waals surface area contributed by atoms with Crippen molar-refractivity contribution in [2.45, 2.75) is 19.4 Å². The number of piperidine rings is 1. The maximum absolute atomic E-state index is 12.7. The summed E-state index contributed by atoms with van der Waals surface area (Å²) in [5.41, 5.74) is 3.98. The number of nitrogens with zero attached hydrogens (tertiary/aromatic N) is 3. The van der Waals surface area contributed by atoms with Gasteiger partial charge >= 0.3 is 0 Å². The van der Waals surface area contributed by atoms with Crippen LogP contribution in [-0.4, -0.2) is 33.4 Å². The SMILES string of the molecule is O=C(Nc1ccc(Cl)cc1)C1CCN(Cc2nc3ccccc3n2-c2ccc(Br)cc2)CC1. The third kappa shape index (κ3) is 4.98. The Labute approximate surface area is 206 Å². The van der Waals surface area contributed by atoms with Gasteiger partial charge in [-0.1, -0.05) is 39.7 Å². The number of benzene rings is 3. The number of anilines is 1. The lowest BCUT2D eigenvalue weighted by Gasteiger charge is -2.31. The summed E-state index contributed by atoms with van der Waals surface area (Å²) >= 11 is 9.46. The van der Waals surface area contributed by atoms with E-state index in [1.807, 2.05) is 24.3 Å². The van der Waals surface area contributed by atoms with Crippen molar-refractivity contribution >= 4 is 50.2 Å². The number of para-hydroxylation sites is 2. The number of rotatable bonds is 5. The Bertz CT molecular complexity index is 1260. The Morgan fingerprint density at radius 1 is 1.00 bits per heavy atom. The fourth-order valence-corrected chi connectivity index (χ4v) is 4.78. The lowest BCUT2D eigenvalue weighted by Crippen LogP contribution is -2.38. The highest BCUT2D eigenvalue weighted by molar-refractivity contribution is 9.10. The minimum atomic E-state index is 0.0159. The second-order valence-corrected chi connectivity index (χ2v) is 9.73. The molecule has 7 heteroatoms. The number of imidazole rings is 1. The van der Waals surface area contributed by atoms with E-state index in [1.165, 1.54) is 0 Å². The van der Waals surface area contributed by atoms with Gasteiger partial charge in [0, 0.05) is 26.8 Å². The maximum atomic E-state index is 12.7. The van der Waals surface area contributed by atoms with Crippen molar-refractivity contribution in [2.24, 2.45) is 5.92 Å². The first kappa shape index (κ1) is 22.1. The van der Waals surface area contributed by atoms with Gasteiger partial charge in [-0.2, -0.15) is 0 Å². The van der Waals surface area contributed by atoms with E-state index in [0.29, 0.717) is 5.02 Å². The van der Waals surface area contributed by atoms with E-state index in [-0.39, 0.29) is 11.8 Å². The van der Waals surface area contributed by atoms with Crippen molar-refractivity contribution < 1.29 is 4.79 Å². The van der Waals surface area contributed by atoms with Crippen LogP contribution in [0.5, 0.6) is 0 Å². The van der Waals surface area contributed by atoms with Gasteiger partial charge in [-0.25, -0.2) is 4.98 Å². The third-order valence-electron chi connectivity index (χ3n) is 6.15. The van der Waals surface area contributed by atoms with E-state index in [2.05, 4.69) is 67.1 Å². The van der Waals surface area contributed by atoms with Crippen molar-refractivity contribution in [1.29, 1.82) is 0 Å². The molecule has 0 aliphatic carbocycles. The molecule has 5 nitrogen and oxygen atoms in total. The second kappa shape index (κ2) is 9.67. The first-order chi connectivity index (χ1) is 16.1. The van der Waals surface area contributed by atoms with Crippen molar-refractivity contribution in [1.82, 2.24) is 14.5 Å². The van der Waals surface area contributed by atoms with Crippen LogP contribution in [0.2, 0.25) is 5.02 Å². The molecule has 4 aromatic rings. The van der Waals surface area contributed by atoms with Crippen LogP contribution in [0.4, 0.5) is 5.69 Å². The van der Waals surface area contributed by atoms with Gasteiger partial charge in [0.1, 0.15) is 5.82 Å². The quantitative estimate of drug-likeness (QED) is 0.334. The molecule has 33 heavy (non-hydrogen) atoms. The number of hydrogen-bond donors (Lipinski definition) is 1. The zero-order chi connectivity index (χ0) is 22.8. The number of carbonyl (C=O) groups is 1. The van der Waals surface area contributed by atoms with E-state index < -0.39 is 0 Å². The summed E-state index contributed by atoms with van der Waals surface area (Å²) in [6.45, 7) is 2.47. The average molecular weight is 524 g/mol. The normalized spacial score (nSPS) is 15.1. The molecule has 1 aliphatic rings. The molecule has 1 saturated heterocycles. The summed E-state index contributed by atoms with van der Waals surface area (Å²) in [6, 6.07) is 23.8. The zero-order valence-electron chi connectivity index (χ0n) is 18.0. The number of amides is 1. The molecule has 168 valence electrons. The molecule has 1 aliphatic heterocycles. The van der Waals surface area contributed by atoms with Gasteiger partial charge in [0.25, 0.3) is 0 Å². The van der Waals surface area contributed by atoms with Gasteiger partial charge in [-0.3, -0.25) is 14.3 Å². The first-order valence-corrected chi connectivity index (χ1v) is 12.2. The number of aromatic nitrogens is 2. The molecule has 1 fully saturated rings. The maximum Gasteiger partial charge on any atom is 0.227 e. The largest absolute Gasteiger partial charge is 0.326 e. The Balaban J connectivity index is 1.28. The van der Waals surface area contributed by atoms with Gasteiger partial charge < -0.3 is 5.32 Å². The molecular weight excluding hydrogens is 500 g/mol. The van der Waals surface area contributed by atoms with Crippen LogP contribution in [-0.2, 0) is 11.3 Å². The van der Waals surface area contributed by atoms with Crippen LogP contribution in [0.3, 0.4) is 0 Å². The molecular formula is C26H24BrClN4O. The topological polar surface area (TPSA) is 50.2 Å². The highest BCUT2D eigenvalue weighted by atomic mass is 79.9. The van der Waals surface area contributed by atoms with Gasteiger partial charge in [-0.05, 0) is 86.6 Å². The third-order valence-corrected chi connectivity index (χ3v) is 6.93. The minimum Gasteiger partial charge on any atom is -0.326 e. The summed E-state index contributed by atoms with van der Waals surface area (Å²) in [6.07, 6.45) is 1.66. The molecule has 1 aromatic heterocycles. The van der Waals surface area contributed by atoms with Crippen LogP contribution in [0.1, 0.15) is 18.7 Å². The van der Waals surface area contributed by atoms with E-state index in [9.17, 15) is 4.79 Å². The van der Waals surface area contributed by atoms with Crippen LogP contribution in [0, 0.1) is 5.92 Å². The Hall–Kier alpha value is -2.67. The monoisotopic (exact) mass is 522 g/mol. The minimum absolute atomic E-state index is 0.0159. The Morgan fingerprint density at radius 2 is 1.70 bits per heavy atom. The van der Waals surface area contributed by atoms with Gasteiger partial charge in [0.15, 0.2) is 0 Å². The van der Waals surface area contributed by atoms with E-state index in [1.54, 1.807) is 12.1 Å². The number of hydrogen-bond acceptors (Lipinski definition) is 3. The highest BCUT2D eigenvalue weighted by Gasteiger charge is 2.26. The Kier molecular flexibility index (Phi) is 6.49. The Morgan fingerprint density at radius 3 is 2.42 bits per heavy atom. The molecule has 0 unspecified atom stereocenters. The van der Waals surface area contributed by atoms with Crippen molar-refractivity contribution in [3.05, 3.63) is 88.1 Å². The lowest BCUT2D eigenvalue weighted by molar-refractivity contribution is -0.121. The number of likely N-dealkylation sites (tertiary alicyclic amines) is 1. The summed E-state index contributed by atoms with van der Waals surface area (Å²) in [5, 5.41) is 3.68. The molecule has 3 aromatic carbocycles. The van der Waals surface area contributed by atoms with Crippen LogP contribution < -0.4 is 5.32 Å². The standard InChI is InChI=1S/C26H24BrClN4O/c27-19-5-11-22(12-6-19)32-24-4-2-1-3-23(24)30-25(32)17-31-15-13-18(14-16-31)26(33)29-21-9-7-20(28)8-10-21/h1-12,18H,13-17H2,(H,29,33). The fourth-order valence-electron chi connectivity index (χ4n) is 4.39. The zero-order valence-corrected chi connectivity index (χ0v) is 20.4. The smallest absolute Gasteiger partial charge is 0.227 e. The van der Waals surface area contributed by atoms with E-state index in [0.717, 1.165) is 65.2 Å². The molecule has 0 spiro atoms. The lowest BCUT2D eigenvalue weighted by atomic mass is 9.96. The van der Waals surface area contributed by atoms with Crippen LogP contribution >= 0.6 is 27.5 Å². The van der Waals surface area contributed by atoms with E-state index >= 15 is 0 Å². The first-order valence-electron chi connectivity index (χ1n) is 11.1. The van der Waals surface area contributed by atoms with Gasteiger partial charge in [-0.15, -0.1) is 0 Å². The molecule has 0 bridgehead atoms. The van der Waals surface area contributed by atoms with Gasteiger partial charge in [0.05, 0.1) is 17.6 Å².